The van der Waals surface area contributed by atoms with Gasteiger partial charge in [0.1, 0.15) is 13.2 Å². The molecule has 1 fully saturated rings. The molecule has 0 saturated carbocycles. The summed E-state index contributed by atoms with van der Waals surface area (Å²) in [6.07, 6.45) is 25.2. The molecule has 1 saturated heterocycles. The van der Waals surface area contributed by atoms with Gasteiger partial charge in [-0.2, -0.15) is 4.57 Å². The minimum atomic E-state index is -0.563. The highest BCUT2D eigenvalue weighted by atomic mass is 32.1. The summed E-state index contributed by atoms with van der Waals surface area (Å²) >= 11 is 1.68. The molecule has 5 nitrogen and oxygen atoms in total. The van der Waals surface area contributed by atoms with Crippen LogP contribution in [0.3, 0.4) is 0 Å². The van der Waals surface area contributed by atoms with Crippen LogP contribution in [0.1, 0.15) is 122 Å². The van der Waals surface area contributed by atoms with Gasteiger partial charge < -0.3 is 14.2 Å². The average molecular weight is 511 g/mol. The zero-order chi connectivity index (χ0) is 24.8. The van der Waals surface area contributed by atoms with E-state index in [4.69, 9.17) is 14.2 Å². The molecule has 0 N–H and O–H groups in total. The number of aromatic nitrogens is 1. The zero-order valence-corrected chi connectivity index (χ0v) is 23.2. The Morgan fingerprint density at radius 1 is 0.886 bits per heavy atom. The van der Waals surface area contributed by atoms with E-state index < -0.39 is 6.16 Å². The Bertz CT molecular complexity index is 610. The second-order valence-electron chi connectivity index (χ2n) is 10.3. The van der Waals surface area contributed by atoms with Crippen LogP contribution in [0.15, 0.2) is 17.1 Å². The molecule has 0 radical (unpaired) electrons. The summed E-state index contributed by atoms with van der Waals surface area (Å²) in [7, 11) is 0. The van der Waals surface area contributed by atoms with E-state index in [9.17, 15) is 4.79 Å². The molecule has 0 aliphatic carbocycles. The number of hydrogen-bond acceptors (Lipinski definition) is 5. The molecule has 6 heteroatoms. The van der Waals surface area contributed by atoms with Crippen molar-refractivity contribution in [2.24, 2.45) is 5.92 Å². The van der Waals surface area contributed by atoms with Gasteiger partial charge in [-0.1, -0.05) is 108 Å². The first-order chi connectivity index (χ1) is 17.3. The fraction of sp³-hybridized carbons (Fsp3) is 0.862. The number of aryl methyl sites for hydroxylation is 1. The molecule has 1 aliphatic rings. The standard InChI is InChI=1S/C29H52NO4S/c1-2-3-4-5-6-7-8-9-10-11-12-13-14-15-18-27-23-28(33-24-27)25-34-29(31)32-21-17-16-19-30-20-22-35-26-30/h20,22,26-28H,2-19,21,23-25H2,1H3/q+1/t27-,28+/m1/s1. The maximum Gasteiger partial charge on any atom is 0.508 e. The monoisotopic (exact) mass is 510 g/mol. The van der Waals surface area contributed by atoms with E-state index in [2.05, 4.69) is 28.6 Å². The van der Waals surface area contributed by atoms with Gasteiger partial charge >= 0.3 is 6.16 Å². The molecule has 0 spiro atoms. The summed E-state index contributed by atoms with van der Waals surface area (Å²) in [5.41, 5.74) is 2.09. The number of ether oxygens (including phenoxy) is 3. The summed E-state index contributed by atoms with van der Waals surface area (Å²) < 4.78 is 18.4. The van der Waals surface area contributed by atoms with Crippen molar-refractivity contribution in [1.82, 2.24) is 0 Å². The van der Waals surface area contributed by atoms with Crippen LogP contribution in [0.2, 0.25) is 0 Å². The first kappa shape index (κ1) is 30.1. The van der Waals surface area contributed by atoms with Crippen molar-refractivity contribution in [3.8, 4) is 0 Å². The van der Waals surface area contributed by atoms with Gasteiger partial charge in [-0.05, 0) is 25.2 Å². The summed E-state index contributed by atoms with van der Waals surface area (Å²) in [6.45, 7) is 4.78. The largest absolute Gasteiger partial charge is 0.508 e. The Kier molecular flexibility index (Phi) is 18.0. The maximum absolute atomic E-state index is 11.8. The number of unbranched alkanes of at least 4 members (excludes halogenated alkanes) is 14. The smallest absolute Gasteiger partial charge is 0.434 e. The van der Waals surface area contributed by atoms with Gasteiger partial charge in [-0.3, -0.25) is 0 Å². The predicted molar refractivity (Wildman–Crippen MR) is 144 cm³/mol. The Morgan fingerprint density at radius 2 is 1.54 bits per heavy atom. The van der Waals surface area contributed by atoms with Crippen LogP contribution < -0.4 is 4.57 Å². The molecule has 202 valence electrons. The fourth-order valence-corrected chi connectivity index (χ4v) is 5.50. The molecular formula is C29H52NO4S+. The van der Waals surface area contributed by atoms with E-state index in [-0.39, 0.29) is 6.10 Å². The summed E-state index contributed by atoms with van der Waals surface area (Å²) in [5.74, 6) is 0.617. The molecule has 0 unspecified atom stereocenters. The van der Waals surface area contributed by atoms with Gasteiger partial charge in [-0.25, -0.2) is 4.79 Å². The molecule has 0 amide bonds. The third kappa shape index (κ3) is 16.3. The predicted octanol–water partition coefficient (Wildman–Crippen LogP) is 8.25. The molecule has 0 aromatic carbocycles. The second-order valence-corrected chi connectivity index (χ2v) is 11.1. The number of carbonyl (C=O) groups is 1. The van der Waals surface area contributed by atoms with Gasteiger partial charge in [0.15, 0.2) is 6.20 Å². The van der Waals surface area contributed by atoms with Gasteiger partial charge in [-0.15, -0.1) is 0 Å². The third-order valence-electron chi connectivity index (χ3n) is 7.07. The molecule has 0 bridgehead atoms. The number of thiazole rings is 1. The average Bonchev–Trinajstić information content (AvgIpc) is 3.55. The Morgan fingerprint density at radius 3 is 2.17 bits per heavy atom. The van der Waals surface area contributed by atoms with E-state index in [0.717, 1.165) is 32.4 Å². The van der Waals surface area contributed by atoms with Crippen LogP contribution in [0.4, 0.5) is 4.79 Å². The van der Waals surface area contributed by atoms with E-state index in [1.807, 2.05) is 0 Å². The summed E-state index contributed by atoms with van der Waals surface area (Å²) in [4.78, 5) is 11.8. The molecule has 1 aromatic heterocycles. The maximum atomic E-state index is 11.8. The molecule has 2 rings (SSSR count). The van der Waals surface area contributed by atoms with Crippen molar-refractivity contribution in [3.63, 3.8) is 0 Å². The quantitative estimate of drug-likeness (QED) is 0.0895. The van der Waals surface area contributed by atoms with Crippen molar-refractivity contribution in [2.75, 3.05) is 19.8 Å². The van der Waals surface area contributed by atoms with Crippen LogP contribution >= 0.6 is 11.3 Å². The van der Waals surface area contributed by atoms with Crippen LogP contribution in [0, 0.1) is 5.92 Å². The van der Waals surface area contributed by atoms with Gasteiger partial charge in [0.25, 0.3) is 0 Å². The first-order valence-corrected chi connectivity index (χ1v) is 15.5. The number of carbonyl (C=O) groups excluding carboxylic acids is 1. The topological polar surface area (TPSA) is 48.6 Å². The van der Waals surface area contributed by atoms with Crippen molar-refractivity contribution in [2.45, 2.75) is 135 Å². The van der Waals surface area contributed by atoms with Crippen molar-refractivity contribution < 1.29 is 23.6 Å². The lowest BCUT2D eigenvalue weighted by Crippen LogP contribution is -2.29. The van der Waals surface area contributed by atoms with E-state index in [1.165, 1.54) is 96.3 Å². The van der Waals surface area contributed by atoms with E-state index in [1.54, 1.807) is 11.3 Å². The highest BCUT2D eigenvalue weighted by Gasteiger charge is 2.26. The zero-order valence-electron chi connectivity index (χ0n) is 22.4. The van der Waals surface area contributed by atoms with Gasteiger partial charge in [0, 0.05) is 6.42 Å². The van der Waals surface area contributed by atoms with E-state index >= 15 is 0 Å². The lowest BCUT2D eigenvalue weighted by Gasteiger charge is -2.11. The first-order valence-electron chi connectivity index (χ1n) is 14.6. The Hall–Kier alpha value is -1.14. The fourth-order valence-electron chi connectivity index (χ4n) is 4.87. The van der Waals surface area contributed by atoms with E-state index in [0.29, 0.717) is 19.1 Å². The lowest BCUT2D eigenvalue weighted by molar-refractivity contribution is -0.692. The Balaban J connectivity index is 1.31. The number of nitrogens with zero attached hydrogens (tertiary/aromatic N) is 1. The SMILES string of the molecule is CCCCCCCCCCCCCCCC[C@H]1CO[C@H](COC(=O)OCCCC[n+]2ccsc2)C1. The summed E-state index contributed by atoms with van der Waals surface area (Å²) in [5, 5.41) is 2.06. The summed E-state index contributed by atoms with van der Waals surface area (Å²) in [6, 6.07) is 0. The highest BCUT2D eigenvalue weighted by Crippen LogP contribution is 2.25. The molecule has 2 atom stereocenters. The van der Waals surface area contributed by atoms with Crippen molar-refractivity contribution in [3.05, 3.63) is 17.1 Å². The van der Waals surface area contributed by atoms with Crippen molar-refractivity contribution >= 4 is 17.5 Å². The van der Waals surface area contributed by atoms with Crippen LogP contribution in [0.25, 0.3) is 0 Å². The molecule has 2 heterocycles. The minimum absolute atomic E-state index is 0.0363. The minimum Gasteiger partial charge on any atom is -0.434 e. The van der Waals surface area contributed by atoms with Gasteiger partial charge in [0.2, 0.25) is 5.51 Å². The third-order valence-corrected chi connectivity index (χ3v) is 7.75. The number of rotatable bonds is 22. The number of hydrogen-bond donors (Lipinski definition) is 0. The Labute approximate surface area is 218 Å². The van der Waals surface area contributed by atoms with Crippen LogP contribution in [-0.4, -0.2) is 32.1 Å². The normalized spacial score (nSPS) is 17.6. The van der Waals surface area contributed by atoms with Crippen LogP contribution in [0.5, 0.6) is 0 Å². The van der Waals surface area contributed by atoms with Crippen molar-refractivity contribution in [1.29, 1.82) is 0 Å². The lowest BCUT2D eigenvalue weighted by atomic mass is 9.97. The molecule has 35 heavy (non-hydrogen) atoms. The highest BCUT2D eigenvalue weighted by molar-refractivity contribution is 7.07. The molecule has 1 aliphatic heterocycles. The molecular weight excluding hydrogens is 458 g/mol. The second kappa shape index (κ2) is 21.0. The van der Waals surface area contributed by atoms with Gasteiger partial charge in [0.05, 0.1) is 24.7 Å². The molecule has 1 aromatic rings. The van der Waals surface area contributed by atoms with Crippen LogP contribution in [-0.2, 0) is 20.8 Å².